The standard InChI is InChI=1S/C19H21ClN2O3S/c1-14-4-3-11-22(13-14)19(23)15-5-2-6-18(12-15)26(24,25)21-17-9-7-16(20)8-10-17/h2,5-10,12,14,21H,3-4,11,13H2,1H3. The molecular formula is C19H21ClN2O3S. The quantitative estimate of drug-likeness (QED) is 0.854. The lowest BCUT2D eigenvalue weighted by Crippen LogP contribution is -2.39. The number of carbonyl (C=O) groups is 1. The molecule has 3 rings (SSSR count). The third kappa shape index (κ3) is 4.37. The fourth-order valence-electron chi connectivity index (χ4n) is 3.08. The van der Waals surface area contributed by atoms with Gasteiger partial charge in [0, 0.05) is 29.4 Å². The molecule has 7 heteroatoms. The highest BCUT2D eigenvalue weighted by atomic mass is 35.5. The summed E-state index contributed by atoms with van der Waals surface area (Å²) in [5.74, 6) is 0.339. The van der Waals surface area contributed by atoms with Gasteiger partial charge in [0.05, 0.1) is 4.90 Å². The molecule has 1 atom stereocenters. The van der Waals surface area contributed by atoms with Crippen molar-refractivity contribution >= 4 is 33.2 Å². The van der Waals surface area contributed by atoms with Gasteiger partial charge in [0.15, 0.2) is 0 Å². The summed E-state index contributed by atoms with van der Waals surface area (Å²) in [5.41, 5.74) is 0.800. The average Bonchev–Trinajstić information content (AvgIpc) is 2.63. The molecule has 2 aromatic carbocycles. The van der Waals surface area contributed by atoms with Crippen LogP contribution in [0.25, 0.3) is 0 Å². The van der Waals surface area contributed by atoms with Gasteiger partial charge < -0.3 is 4.90 Å². The number of carbonyl (C=O) groups excluding carboxylic acids is 1. The molecule has 1 amide bonds. The minimum absolute atomic E-state index is 0.0587. The number of hydrogen-bond donors (Lipinski definition) is 1. The third-order valence-electron chi connectivity index (χ3n) is 4.43. The highest BCUT2D eigenvalue weighted by molar-refractivity contribution is 7.92. The molecule has 1 aliphatic heterocycles. The first-order chi connectivity index (χ1) is 12.3. The molecule has 2 aromatic rings. The monoisotopic (exact) mass is 392 g/mol. The van der Waals surface area contributed by atoms with Crippen molar-refractivity contribution in [1.29, 1.82) is 0 Å². The number of nitrogens with one attached hydrogen (secondary N) is 1. The highest BCUT2D eigenvalue weighted by Crippen LogP contribution is 2.21. The minimum atomic E-state index is -3.79. The number of benzene rings is 2. The maximum Gasteiger partial charge on any atom is 0.261 e. The molecule has 0 saturated carbocycles. The molecule has 0 bridgehead atoms. The molecule has 0 radical (unpaired) electrons. The Bertz CT molecular complexity index is 897. The Morgan fingerprint density at radius 2 is 1.92 bits per heavy atom. The summed E-state index contributed by atoms with van der Waals surface area (Å²) < 4.78 is 27.7. The van der Waals surface area contributed by atoms with Crippen LogP contribution in [-0.2, 0) is 10.0 Å². The van der Waals surface area contributed by atoms with Crippen molar-refractivity contribution in [3.63, 3.8) is 0 Å². The Labute approximate surface area is 159 Å². The molecule has 0 spiro atoms. The fourth-order valence-corrected chi connectivity index (χ4v) is 4.31. The number of rotatable bonds is 4. The lowest BCUT2D eigenvalue weighted by atomic mass is 9.99. The maximum absolute atomic E-state index is 12.7. The van der Waals surface area contributed by atoms with E-state index in [2.05, 4.69) is 11.6 Å². The van der Waals surface area contributed by atoms with Gasteiger partial charge in [-0.3, -0.25) is 9.52 Å². The molecule has 1 unspecified atom stereocenters. The van der Waals surface area contributed by atoms with Crippen LogP contribution < -0.4 is 4.72 Å². The van der Waals surface area contributed by atoms with Gasteiger partial charge in [-0.1, -0.05) is 24.6 Å². The van der Waals surface area contributed by atoms with Gasteiger partial charge in [0.1, 0.15) is 0 Å². The zero-order valence-electron chi connectivity index (χ0n) is 14.5. The second-order valence-electron chi connectivity index (χ2n) is 6.64. The summed E-state index contributed by atoms with van der Waals surface area (Å²) in [7, 11) is -3.79. The topological polar surface area (TPSA) is 66.5 Å². The Morgan fingerprint density at radius 1 is 1.19 bits per heavy atom. The molecule has 1 saturated heterocycles. The van der Waals surface area contributed by atoms with E-state index in [0.29, 0.717) is 35.3 Å². The second-order valence-corrected chi connectivity index (χ2v) is 8.76. The zero-order valence-corrected chi connectivity index (χ0v) is 16.1. The fraction of sp³-hybridized carbons (Fsp3) is 0.316. The van der Waals surface area contributed by atoms with Crippen molar-refractivity contribution in [3.8, 4) is 0 Å². The predicted octanol–water partition coefficient (Wildman–Crippen LogP) is 4.01. The number of hydrogen-bond acceptors (Lipinski definition) is 3. The van der Waals surface area contributed by atoms with Crippen LogP contribution in [0.15, 0.2) is 53.4 Å². The van der Waals surface area contributed by atoms with Gasteiger partial charge in [-0.05, 0) is 61.2 Å². The van der Waals surface area contributed by atoms with Crippen LogP contribution in [0, 0.1) is 5.92 Å². The van der Waals surface area contributed by atoms with E-state index in [-0.39, 0.29) is 10.8 Å². The summed E-state index contributed by atoms with van der Waals surface area (Å²) in [5, 5.41) is 0.524. The maximum atomic E-state index is 12.7. The second kappa shape index (κ2) is 7.68. The van der Waals surface area contributed by atoms with Gasteiger partial charge in [-0.25, -0.2) is 8.42 Å². The molecule has 1 N–H and O–H groups in total. The Morgan fingerprint density at radius 3 is 2.62 bits per heavy atom. The third-order valence-corrected chi connectivity index (χ3v) is 6.06. The molecule has 1 aliphatic rings. The smallest absolute Gasteiger partial charge is 0.261 e. The van der Waals surface area contributed by atoms with Crippen LogP contribution in [0.1, 0.15) is 30.1 Å². The summed E-state index contributed by atoms with van der Waals surface area (Å²) in [6.45, 7) is 3.54. The van der Waals surface area contributed by atoms with E-state index in [1.54, 1.807) is 41.3 Å². The Kier molecular flexibility index (Phi) is 5.53. The van der Waals surface area contributed by atoms with E-state index in [4.69, 9.17) is 11.6 Å². The number of halogens is 1. The molecule has 1 fully saturated rings. The number of anilines is 1. The first-order valence-electron chi connectivity index (χ1n) is 8.53. The van der Waals surface area contributed by atoms with Crippen LogP contribution in [0.2, 0.25) is 5.02 Å². The van der Waals surface area contributed by atoms with E-state index < -0.39 is 10.0 Å². The van der Waals surface area contributed by atoms with Crippen molar-refractivity contribution < 1.29 is 13.2 Å². The minimum Gasteiger partial charge on any atom is -0.338 e. The van der Waals surface area contributed by atoms with Crippen molar-refractivity contribution in [2.75, 3.05) is 17.8 Å². The Balaban J connectivity index is 1.81. The molecule has 1 heterocycles. The van der Waals surface area contributed by atoms with Gasteiger partial charge >= 0.3 is 0 Å². The van der Waals surface area contributed by atoms with Gasteiger partial charge in [-0.15, -0.1) is 0 Å². The molecule has 5 nitrogen and oxygen atoms in total. The van der Waals surface area contributed by atoms with Gasteiger partial charge in [0.2, 0.25) is 0 Å². The van der Waals surface area contributed by atoms with E-state index in [0.717, 1.165) is 12.8 Å². The summed E-state index contributed by atoms with van der Waals surface area (Å²) in [4.78, 5) is 14.6. The SMILES string of the molecule is CC1CCCN(C(=O)c2cccc(S(=O)(=O)Nc3ccc(Cl)cc3)c2)C1. The predicted molar refractivity (Wildman–Crippen MR) is 103 cm³/mol. The van der Waals surface area contributed by atoms with Crippen LogP contribution in [-0.4, -0.2) is 32.3 Å². The zero-order chi connectivity index (χ0) is 18.7. The van der Waals surface area contributed by atoms with Crippen LogP contribution in [0.4, 0.5) is 5.69 Å². The first-order valence-corrected chi connectivity index (χ1v) is 10.4. The van der Waals surface area contributed by atoms with Crippen molar-refractivity contribution in [3.05, 3.63) is 59.1 Å². The Hall–Kier alpha value is -2.05. The van der Waals surface area contributed by atoms with E-state index in [9.17, 15) is 13.2 Å². The molecule has 26 heavy (non-hydrogen) atoms. The molecule has 0 aromatic heterocycles. The van der Waals surface area contributed by atoms with Crippen molar-refractivity contribution in [2.45, 2.75) is 24.7 Å². The highest BCUT2D eigenvalue weighted by Gasteiger charge is 2.23. The van der Waals surface area contributed by atoms with Crippen molar-refractivity contribution in [2.24, 2.45) is 5.92 Å². The van der Waals surface area contributed by atoms with Crippen LogP contribution in [0.3, 0.4) is 0 Å². The number of likely N-dealkylation sites (tertiary alicyclic amines) is 1. The van der Waals surface area contributed by atoms with Crippen molar-refractivity contribution in [1.82, 2.24) is 4.90 Å². The van der Waals surface area contributed by atoms with Gasteiger partial charge in [-0.2, -0.15) is 0 Å². The summed E-state index contributed by atoms with van der Waals surface area (Å²) in [6, 6.07) is 12.6. The largest absolute Gasteiger partial charge is 0.338 e. The molecule has 138 valence electrons. The van der Waals surface area contributed by atoms with Gasteiger partial charge in [0.25, 0.3) is 15.9 Å². The van der Waals surface area contributed by atoms with E-state index >= 15 is 0 Å². The van der Waals surface area contributed by atoms with Crippen LogP contribution >= 0.6 is 11.6 Å². The number of nitrogens with zero attached hydrogens (tertiary/aromatic N) is 1. The summed E-state index contributed by atoms with van der Waals surface area (Å²) >= 11 is 5.82. The van der Waals surface area contributed by atoms with Crippen LogP contribution in [0.5, 0.6) is 0 Å². The first kappa shape index (κ1) is 18.7. The number of amides is 1. The van der Waals surface area contributed by atoms with E-state index in [1.165, 1.54) is 12.1 Å². The lowest BCUT2D eigenvalue weighted by Gasteiger charge is -2.31. The van der Waals surface area contributed by atoms with E-state index in [1.807, 2.05) is 0 Å². The lowest BCUT2D eigenvalue weighted by molar-refractivity contribution is 0.0683. The molecular weight excluding hydrogens is 372 g/mol. The summed E-state index contributed by atoms with van der Waals surface area (Å²) in [6.07, 6.45) is 2.09. The number of sulfonamides is 1. The average molecular weight is 393 g/mol. The normalized spacial score (nSPS) is 17.8. The molecule has 0 aliphatic carbocycles. The number of piperidine rings is 1.